The summed E-state index contributed by atoms with van der Waals surface area (Å²) in [5.74, 6) is 2.49. The van der Waals surface area contributed by atoms with Crippen LogP contribution in [0.25, 0.3) is 0 Å². The Balaban J connectivity index is 1.78. The van der Waals surface area contributed by atoms with Gasteiger partial charge in [-0.1, -0.05) is 19.8 Å². The van der Waals surface area contributed by atoms with Gasteiger partial charge in [0.2, 0.25) is 0 Å². The number of hydrogen-bond acceptors (Lipinski definition) is 4. The van der Waals surface area contributed by atoms with Gasteiger partial charge in [0.1, 0.15) is 0 Å². The normalized spacial score (nSPS) is 25.2. The van der Waals surface area contributed by atoms with Gasteiger partial charge in [0, 0.05) is 25.0 Å². The fraction of sp³-hybridized carbons (Fsp3) is 0.682. The molecular weight excluding hydrogens is 354 g/mol. The Labute approximate surface area is 168 Å². The first kappa shape index (κ1) is 20.8. The fourth-order valence-electron chi connectivity index (χ4n) is 4.31. The second-order valence-electron chi connectivity index (χ2n) is 8.23. The molecule has 0 spiro atoms. The topological polar surface area (TPSA) is 66.3 Å². The smallest absolute Gasteiger partial charge is 0.194 e. The van der Waals surface area contributed by atoms with E-state index in [2.05, 4.69) is 36.2 Å². The largest absolute Gasteiger partial charge is 0.493 e. The Kier molecular flexibility index (Phi) is 6.70. The van der Waals surface area contributed by atoms with Gasteiger partial charge in [-0.2, -0.15) is 0 Å². The van der Waals surface area contributed by atoms with Crippen molar-refractivity contribution in [2.24, 2.45) is 10.4 Å². The molecule has 2 N–H and O–H groups in total. The molecule has 1 aromatic rings. The maximum atomic E-state index is 10.5. The summed E-state index contributed by atoms with van der Waals surface area (Å²) in [6.07, 6.45) is 4.91. The highest BCUT2D eigenvalue weighted by Gasteiger charge is 2.35. The highest BCUT2D eigenvalue weighted by molar-refractivity contribution is 5.80. The van der Waals surface area contributed by atoms with E-state index in [1.165, 1.54) is 17.5 Å². The lowest BCUT2D eigenvalue weighted by molar-refractivity contribution is 0.00702. The fourth-order valence-corrected chi connectivity index (χ4v) is 4.31. The Morgan fingerprint density at radius 1 is 1.25 bits per heavy atom. The zero-order valence-corrected chi connectivity index (χ0v) is 17.8. The van der Waals surface area contributed by atoms with Crippen molar-refractivity contribution in [2.75, 3.05) is 33.9 Å². The standard InChI is InChI=1S/C22H35N3O3/c1-5-23-21(24-15-22(2)10-7-6-8-20(22)26)25-11-9-16-12-18(27-3)19(28-4)13-17(16)14-25/h12-13,20,26H,5-11,14-15H2,1-4H3,(H,23,24). The molecule has 0 radical (unpaired) electrons. The number of rotatable bonds is 5. The molecule has 0 bridgehead atoms. The predicted molar refractivity (Wildman–Crippen MR) is 112 cm³/mol. The Morgan fingerprint density at radius 2 is 1.96 bits per heavy atom. The molecule has 2 aliphatic rings. The molecular formula is C22H35N3O3. The second-order valence-corrected chi connectivity index (χ2v) is 8.23. The molecule has 6 nitrogen and oxygen atoms in total. The zero-order valence-electron chi connectivity index (χ0n) is 17.8. The van der Waals surface area contributed by atoms with E-state index in [0.29, 0.717) is 6.54 Å². The highest BCUT2D eigenvalue weighted by atomic mass is 16.5. The van der Waals surface area contributed by atoms with Crippen molar-refractivity contribution in [3.8, 4) is 11.5 Å². The summed E-state index contributed by atoms with van der Waals surface area (Å²) in [5, 5.41) is 13.9. The van der Waals surface area contributed by atoms with Gasteiger partial charge in [0.05, 0.1) is 26.9 Å². The number of fused-ring (bicyclic) bond motifs is 1. The number of nitrogens with one attached hydrogen (secondary N) is 1. The van der Waals surface area contributed by atoms with E-state index in [1.54, 1.807) is 14.2 Å². The van der Waals surface area contributed by atoms with Crippen molar-refractivity contribution < 1.29 is 14.6 Å². The van der Waals surface area contributed by atoms with E-state index in [-0.39, 0.29) is 11.5 Å². The first-order valence-corrected chi connectivity index (χ1v) is 10.5. The maximum absolute atomic E-state index is 10.5. The number of nitrogens with zero attached hydrogens (tertiary/aromatic N) is 2. The van der Waals surface area contributed by atoms with Crippen LogP contribution in [-0.4, -0.2) is 55.9 Å². The molecule has 1 saturated carbocycles. The van der Waals surface area contributed by atoms with Crippen molar-refractivity contribution in [1.82, 2.24) is 10.2 Å². The molecule has 28 heavy (non-hydrogen) atoms. The maximum Gasteiger partial charge on any atom is 0.194 e. The third kappa shape index (κ3) is 4.37. The van der Waals surface area contributed by atoms with Crippen molar-refractivity contribution in [1.29, 1.82) is 0 Å². The van der Waals surface area contributed by atoms with Crippen molar-refractivity contribution in [2.45, 2.75) is 58.6 Å². The third-order valence-corrected chi connectivity index (χ3v) is 6.22. The van der Waals surface area contributed by atoms with Crippen LogP contribution in [0.3, 0.4) is 0 Å². The molecule has 1 fully saturated rings. The van der Waals surface area contributed by atoms with Crippen molar-refractivity contribution in [3.63, 3.8) is 0 Å². The lowest BCUT2D eigenvalue weighted by Gasteiger charge is -2.38. The summed E-state index contributed by atoms with van der Waals surface area (Å²) in [4.78, 5) is 7.25. The van der Waals surface area contributed by atoms with Gasteiger partial charge in [-0.25, -0.2) is 0 Å². The molecule has 1 aliphatic carbocycles. The van der Waals surface area contributed by atoms with Gasteiger partial charge >= 0.3 is 0 Å². The monoisotopic (exact) mass is 389 g/mol. The minimum atomic E-state index is -0.258. The molecule has 1 aliphatic heterocycles. The number of aliphatic hydroxyl groups is 1. The molecule has 156 valence electrons. The summed E-state index contributed by atoms with van der Waals surface area (Å²) in [6, 6.07) is 4.17. The van der Waals surface area contributed by atoms with Crippen molar-refractivity contribution >= 4 is 5.96 Å². The van der Waals surface area contributed by atoms with E-state index in [9.17, 15) is 5.11 Å². The number of methoxy groups -OCH3 is 2. The SMILES string of the molecule is CCNC(=NCC1(C)CCCCC1O)N1CCc2cc(OC)c(OC)cc2C1. The van der Waals surface area contributed by atoms with Gasteiger partial charge in [0.25, 0.3) is 0 Å². The van der Waals surface area contributed by atoms with E-state index >= 15 is 0 Å². The lowest BCUT2D eigenvalue weighted by atomic mass is 9.73. The average Bonchev–Trinajstić information content (AvgIpc) is 2.72. The number of aliphatic imine (C=N–C) groups is 1. The third-order valence-electron chi connectivity index (χ3n) is 6.22. The zero-order chi connectivity index (χ0) is 20.1. The minimum absolute atomic E-state index is 0.122. The molecule has 2 atom stereocenters. The van der Waals surface area contributed by atoms with Crippen LogP contribution in [-0.2, 0) is 13.0 Å². The molecule has 2 unspecified atom stereocenters. The number of aliphatic hydroxyl groups excluding tert-OH is 1. The molecule has 0 amide bonds. The van der Waals surface area contributed by atoms with Gasteiger partial charge in [0.15, 0.2) is 17.5 Å². The molecule has 1 heterocycles. The van der Waals surface area contributed by atoms with Gasteiger partial charge < -0.3 is 24.8 Å². The number of ether oxygens (including phenoxy) is 2. The average molecular weight is 390 g/mol. The summed E-state index contributed by atoms with van der Waals surface area (Å²) in [7, 11) is 3.35. The van der Waals surface area contributed by atoms with Crippen LogP contribution >= 0.6 is 0 Å². The Morgan fingerprint density at radius 3 is 2.61 bits per heavy atom. The van der Waals surface area contributed by atoms with E-state index in [4.69, 9.17) is 14.5 Å². The highest BCUT2D eigenvalue weighted by Crippen LogP contribution is 2.37. The Hall–Kier alpha value is -1.95. The second kappa shape index (κ2) is 9.03. The quantitative estimate of drug-likeness (QED) is 0.599. The van der Waals surface area contributed by atoms with Gasteiger partial charge in [-0.3, -0.25) is 4.99 Å². The van der Waals surface area contributed by atoms with E-state index in [1.807, 2.05) is 0 Å². The van der Waals surface area contributed by atoms with Crippen LogP contribution in [0.4, 0.5) is 0 Å². The summed E-state index contributed by atoms with van der Waals surface area (Å²) in [6.45, 7) is 7.46. The summed E-state index contributed by atoms with van der Waals surface area (Å²) in [5.41, 5.74) is 2.43. The Bertz CT molecular complexity index is 707. The number of guanidine groups is 1. The lowest BCUT2D eigenvalue weighted by Crippen LogP contribution is -2.45. The molecule has 1 aromatic carbocycles. The summed E-state index contributed by atoms with van der Waals surface area (Å²) < 4.78 is 10.9. The van der Waals surface area contributed by atoms with Crippen LogP contribution in [0.2, 0.25) is 0 Å². The molecule has 0 saturated heterocycles. The van der Waals surface area contributed by atoms with E-state index < -0.39 is 0 Å². The predicted octanol–water partition coefficient (Wildman–Crippen LogP) is 2.97. The van der Waals surface area contributed by atoms with Crippen LogP contribution in [0.5, 0.6) is 11.5 Å². The van der Waals surface area contributed by atoms with E-state index in [0.717, 1.165) is 62.8 Å². The van der Waals surface area contributed by atoms with Crippen LogP contribution < -0.4 is 14.8 Å². The minimum Gasteiger partial charge on any atom is -0.493 e. The first-order chi connectivity index (χ1) is 13.5. The van der Waals surface area contributed by atoms with Gasteiger partial charge in [-0.15, -0.1) is 0 Å². The van der Waals surface area contributed by atoms with Crippen LogP contribution in [0, 0.1) is 5.41 Å². The summed E-state index contributed by atoms with van der Waals surface area (Å²) >= 11 is 0. The molecule has 6 heteroatoms. The van der Waals surface area contributed by atoms with Crippen LogP contribution in [0.15, 0.2) is 17.1 Å². The van der Waals surface area contributed by atoms with Crippen LogP contribution in [0.1, 0.15) is 50.7 Å². The molecule has 3 rings (SSSR count). The molecule has 0 aromatic heterocycles. The number of benzene rings is 1. The first-order valence-electron chi connectivity index (χ1n) is 10.5. The van der Waals surface area contributed by atoms with Gasteiger partial charge in [-0.05, 0) is 49.4 Å². The van der Waals surface area contributed by atoms with Crippen molar-refractivity contribution in [3.05, 3.63) is 23.3 Å². The number of hydrogen-bond donors (Lipinski definition) is 2.